The second-order valence-corrected chi connectivity index (χ2v) is 8.74. The predicted molar refractivity (Wildman–Crippen MR) is 131 cm³/mol. The number of piperazine rings is 1. The second-order valence-electron chi connectivity index (χ2n) is 8.74. The summed E-state index contributed by atoms with van der Waals surface area (Å²) >= 11 is 0. The number of aromatic amines is 1. The third-order valence-electron chi connectivity index (χ3n) is 6.46. The van der Waals surface area contributed by atoms with E-state index >= 15 is 0 Å². The molecule has 3 N–H and O–H groups in total. The highest BCUT2D eigenvalue weighted by Crippen LogP contribution is 2.36. The van der Waals surface area contributed by atoms with Crippen LogP contribution in [0.5, 0.6) is 0 Å². The molecular formula is C26H28N6. The highest BCUT2D eigenvalue weighted by Gasteiger charge is 2.21. The lowest BCUT2D eigenvalue weighted by molar-refractivity contribution is 0.312. The van der Waals surface area contributed by atoms with Gasteiger partial charge in [0.2, 0.25) is 0 Å². The first-order valence-corrected chi connectivity index (χ1v) is 11.0. The first kappa shape index (κ1) is 20.2. The van der Waals surface area contributed by atoms with Crippen molar-refractivity contribution in [3.63, 3.8) is 0 Å². The number of hydrogen-bond donors (Lipinski definition) is 3. The lowest BCUT2D eigenvalue weighted by Crippen LogP contribution is -2.45. The van der Waals surface area contributed by atoms with Gasteiger partial charge in [-0.15, -0.1) is 0 Å². The number of anilines is 2. The van der Waals surface area contributed by atoms with E-state index in [1.807, 2.05) is 30.5 Å². The van der Waals surface area contributed by atoms with E-state index in [9.17, 15) is 5.26 Å². The molecule has 5 rings (SSSR count). The Kier molecular flexibility index (Phi) is 5.12. The molecule has 2 aliphatic heterocycles. The normalized spacial score (nSPS) is 15.9. The molecule has 0 unspecified atom stereocenters. The summed E-state index contributed by atoms with van der Waals surface area (Å²) in [7, 11) is 2.19. The van der Waals surface area contributed by atoms with Gasteiger partial charge in [-0.1, -0.05) is 12.1 Å². The first-order chi connectivity index (χ1) is 15.5. The average Bonchev–Trinajstić information content (AvgIpc) is 3.23. The van der Waals surface area contributed by atoms with Gasteiger partial charge in [0.1, 0.15) is 5.82 Å². The molecule has 0 amide bonds. The zero-order valence-electron chi connectivity index (χ0n) is 18.8. The Morgan fingerprint density at radius 2 is 1.69 bits per heavy atom. The van der Waals surface area contributed by atoms with Crippen LogP contribution in [0.3, 0.4) is 0 Å². The van der Waals surface area contributed by atoms with Crippen LogP contribution in [-0.4, -0.2) is 43.1 Å². The van der Waals surface area contributed by atoms with Gasteiger partial charge in [-0.3, -0.25) is 10.9 Å². The van der Waals surface area contributed by atoms with Crippen LogP contribution in [0, 0.1) is 25.2 Å². The van der Waals surface area contributed by atoms with Gasteiger partial charge in [-0.2, -0.15) is 5.26 Å². The molecule has 2 aromatic carbocycles. The minimum absolute atomic E-state index is 0.661. The van der Waals surface area contributed by atoms with E-state index in [-0.39, 0.29) is 0 Å². The number of aryl methyl sites for hydroxylation is 2. The van der Waals surface area contributed by atoms with Crippen molar-refractivity contribution in [3.05, 3.63) is 70.4 Å². The molecule has 1 aromatic heterocycles. The summed E-state index contributed by atoms with van der Waals surface area (Å²) in [5.41, 5.74) is 16.7. The maximum absolute atomic E-state index is 9.27. The van der Waals surface area contributed by atoms with Crippen molar-refractivity contribution in [3.8, 4) is 17.2 Å². The lowest BCUT2D eigenvalue weighted by atomic mass is 9.97. The average molecular weight is 425 g/mol. The summed E-state index contributed by atoms with van der Waals surface area (Å²) in [5.74, 6) is 0.925. The molecule has 3 heterocycles. The summed E-state index contributed by atoms with van der Waals surface area (Å²) in [5, 5.41) is 9.27. The fraction of sp³-hybridized carbons (Fsp3) is 0.269. The molecule has 0 spiro atoms. The van der Waals surface area contributed by atoms with Crippen LogP contribution in [0.25, 0.3) is 22.9 Å². The highest BCUT2D eigenvalue weighted by atomic mass is 15.4. The van der Waals surface area contributed by atoms with Crippen molar-refractivity contribution in [2.45, 2.75) is 13.8 Å². The highest BCUT2D eigenvalue weighted by molar-refractivity contribution is 5.94. The smallest absolute Gasteiger partial charge is 0.130 e. The van der Waals surface area contributed by atoms with Crippen molar-refractivity contribution in [1.82, 2.24) is 15.3 Å². The number of likely N-dealkylation sites (N-methyl/N-ethyl adjacent to an activating group) is 1. The van der Waals surface area contributed by atoms with E-state index in [1.54, 1.807) is 0 Å². The Morgan fingerprint density at radius 3 is 2.41 bits per heavy atom. The minimum atomic E-state index is 0.661. The van der Waals surface area contributed by atoms with Gasteiger partial charge in [0.25, 0.3) is 0 Å². The quantitative estimate of drug-likeness (QED) is 0.583. The van der Waals surface area contributed by atoms with Gasteiger partial charge in [-0.25, -0.2) is 0 Å². The van der Waals surface area contributed by atoms with Crippen LogP contribution in [-0.2, 0) is 0 Å². The van der Waals surface area contributed by atoms with E-state index < -0.39 is 0 Å². The Bertz CT molecular complexity index is 1210. The van der Waals surface area contributed by atoms with Gasteiger partial charge >= 0.3 is 0 Å². The van der Waals surface area contributed by atoms with Gasteiger partial charge in [-0.05, 0) is 67.9 Å². The first-order valence-electron chi connectivity index (χ1n) is 11.0. The van der Waals surface area contributed by atoms with E-state index in [0.717, 1.165) is 59.9 Å². The number of hydrogen-bond acceptors (Lipinski definition) is 5. The number of fused-ring (bicyclic) bond motifs is 1. The van der Waals surface area contributed by atoms with Crippen LogP contribution in [0.4, 0.5) is 11.5 Å². The van der Waals surface area contributed by atoms with Crippen molar-refractivity contribution < 1.29 is 0 Å². The summed E-state index contributed by atoms with van der Waals surface area (Å²) in [6.45, 7) is 8.76. The predicted octanol–water partition coefficient (Wildman–Crippen LogP) is 4.35. The SMILES string of the molecule is Cc1cc(C2=Cc3c(-c4cccc(C#N)c4)c[nH]c3NN2)cc(C)c1N1CCN(C)CC1. The maximum Gasteiger partial charge on any atom is 0.130 e. The number of nitriles is 1. The molecule has 0 saturated carbocycles. The van der Waals surface area contributed by atoms with Crippen LogP contribution in [0.15, 0.2) is 42.6 Å². The molecule has 2 aliphatic rings. The third-order valence-corrected chi connectivity index (χ3v) is 6.46. The lowest BCUT2D eigenvalue weighted by Gasteiger charge is -2.36. The molecule has 6 nitrogen and oxygen atoms in total. The topological polar surface area (TPSA) is 70.1 Å². The number of aromatic nitrogens is 1. The Hall–Kier alpha value is -3.69. The standard InChI is InChI=1S/C26H28N6/c1-17-11-21(12-18(2)25(17)32-9-7-31(3)8-10-32)24-14-22-23(16-28-26(22)30-29-24)20-6-4-5-19(13-20)15-27/h4-6,11-14,16,28-30H,7-10H2,1-3H3. The van der Waals surface area contributed by atoms with Crippen LogP contribution in [0.1, 0.15) is 27.8 Å². The Balaban J connectivity index is 1.50. The number of H-pyrrole nitrogens is 1. The Morgan fingerprint density at radius 1 is 0.938 bits per heavy atom. The third kappa shape index (κ3) is 3.61. The fourth-order valence-corrected chi connectivity index (χ4v) is 4.79. The molecule has 162 valence electrons. The van der Waals surface area contributed by atoms with E-state index in [4.69, 9.17) is 0 Å². The Labute approximate surface area is 189 Å². The molecule has 1 saturated heterocycles. The van der Waals surface area contributed by atoms with E-state index in [0.29, 0.717) is 5.56 Å². The number of nitrogens with one attached hydrogen (secondary N) is 3. The molecule has 6 heteroatoms. The summed E-state index contributed by atoms with van der Waals surface area (Å²) in [6.07, 6.45) is 4.17. The van der Waals surface area contributed by atoms with Gasteiger partial charge in [0.15, 0.2) is 0 Å². The van der Waals surface area contributed by atoms with Gasteiger partial charge < -0.3 is 14.8 Å². The second kappa shape index (κ2) is 8.10. The van der Waals surface area contributed by atoms with Crippen LogP contribution >= 0.6 is 0 Å². The van der Waals surface area contributed by atoms with Crippen molar-refractivity contribution >= 4 is 23.3 Å². The van der Waals surface area contributed by atoms with E-state index in [2.05, 4.69) is 70.8 Å². The minimum Gasteiger partial charge on any atom is -0.369 e. The zero-order valence-corrected chi connectivity index (χ0v) is 18.8. The zero-order chi connectivity index (χ0) is 22.2. The largest absolute Gasteiger partial charge is 0.369 e. The van der Waals surface area contributed by atoms with Crippen molar-refractivity contribution in [2.24, 2.45) is 0 Å². The van der Waals surface area contributed by atoms with Crippen molar-refractivity contribution in [2.75, 3.05) is 43.6 Å². The monoisotopic (exact) mass is 424 g/mol. The molecular weight excluding hydrogens is 396 g/mol. The number of hydrazine groups is 1. The van der Waals surface area contributed by atoms with Crippen molar-refractivity contribution in [1.29, 1.82) is 5.26 Å². The summed E-state index contributed by atoms with van der Waals surface area (Å²) < 4.78 is 0. The van der Waals surface area contributed by atoms with Gasteiger partial charge in [0, 0.05) is 54.8 Å². The number of rotatable bonds is 3. The summed E-state index contributed by atoms with van der Waals surface area (Å²) in [6, 6.07) is 14.5. The fourth-order valence-electron chi connectivity index (χ4n) is 4.79. The van der Waals surface area contributed by atoms with Crippen LogP contribution < -0.4 is 15.8 Å². The molecule has 0 aliphatic carbocycles. The molecule has 0 bridgehead atoms. The molecule has 0 radical (unpaired) electrons. The molecule has 1 fully saturated rings. The van der Waals surface area contributed by atoms with E-state index in [1.165, 1.54) is 16.8 Å². The van der Waals surface area contributed by atoms with Gasteiger partial charge in [0.05, 0.1) is 17.3 Å². The number of nitrogens with zero attached hydrogens (tertiary/aromatic N) is 3. The maximum atomic E-state index is 9.27. The number of benzene rings is 2. The molecule has 0 atom stereocenters. The van der Waals surface area contributed by atoms with Crippen LogP contribution in [0.2, 0.25) is 0 Å². The molecule has 3 aromatic rings. The summed E-state index contributed by atoms with van der Waals surface area (Å²) in [4.78, 5) is 8.20. The molecule has 32 heavy (non-hydrogen) atoms.